The van der Waals surface area contributed by atoms with Crippen LogP contribution in [0.4, 0.5) is 5.69 Å². The van der Waals surface area contributed by atoms with Crippen LogP contribution in [0.25, 0.3) is 0 Å². The van der Waals surface area contributed by atoms with Crippen LogP contribution in [0.2, 0.25) is 0 Å². The van der Waals surface area contributed by atoms with Gasteiger partial charge in [0, 0.05) is 35.8 Å². The molecule has 3 rings (SSSR count). The fourth-order valence-corrected chi connectivity index (χ4v) is 4.12. The molecule has 1 aromatic rings. The zero-order valence-electron chi connectivity index (χ0n) is 12.9. The average Bonchev–Trinajstić information content (AvgIpc) is 2.49. The zero-order chi connectivity index (χ0) is 14.7. The Hall–Kier alpha value is -0.580. The van der Waals surface area contributed by atoms with E-state index in [0.29, 0.717) is 0 Å². The van der Waals surface area contributed by atoms with E-state index in [9.17, 15) is 0 Å². The Balaban J connectivity index is 1.43. The number of halogens is 1. The summed E-state index contributed by atoms with van der Waals surface area (Å²) in [4.78, 5) is 5.23. The molecule has 2 aliphatic rings. The fourth-order valence-electron chi connectivity index (χ4n) is 3.86. The van der Waals surface area contributed by atoms with Gasteiger partial charge < -0.3 is 15.1 Å². The minimum Gasteiger partial charge on any atom is -0.384 e. The molecule has 3 nitrogen and oxygen atoms in total. The molecule has 116 valence electrons. The molecule has 2 atom stereocenters. The third-order valence-corrected chi connectivity index (χ3v) is 5.56. The quantitative estimate of drug-likeness (QED) is 0.897. The summed E-state index contributed by atoms with van der Waals surface area (Å²) < 4.78 is 1.14. The summed E-state index contributed by atoms with van der Waals surface area (Å²) in [5.74, 6) is 0.894. The summed E-state index contributed by atoms with van der Waals surface area (Å²) in [7, 11) is 2.31. The molecule has 0 saturated carbocycles. The largest absolute Gasteiger partial charge is 0.384 e. The van der Waals surface area contributed by atoms with Crippen molar-refractivity contribution in [1.82, 2.24) is 9.80 Å². The van der Waals surface area contributed by atoms with Gasteiger partial charge in [0.25, 0.3) is 0 Å². The van der Waals surface area contributed by atoms with Gasteiger partial charge in [-0.15, -0.1) is 0 Å². The van der Waals surface area contributed by atoms with E-state index in [1.54, 1.807) is 0 Å². The first-order valence-corrected chi connectivity index (χ1v) is 8.94. The van der Waals surface area contributed by atoms with Crippen molar-refractivity contribution in [2.75, 3.05) is 45.1 Å². The minimum atomic E-state index is 0.842. The lowest BCUT2D eigenvalue weighted by Gasteiger charge is -2.46. The van der Waals surface area contributed by atoms with Crippen molar-refractivity contribution >= 4 is 21.6 Å². The average molecular weight is 352 g/mol. The van der Waals surface area contributed by atoms with Gasteiger partial charge in [0.05, 0.1) is 0 Å². The van der Waals surface area contributed by atoms with E-state index in [2.05, 4.69) is 62.4 Å². The Morgan fingerprint density at radius 1 is 1.19 bits per heavy atom. The summed E-state index contributed by atoms with van der Waals surface area (Å²) in [5.41, 5.74) is 1.21. The highest BCUT2D eigenvalue weighted by Crippen LogP contribution is 2.29. The number of benzene rings is 1. The highest BCUT2D eigenvalue weighted by atomic mass is 79.9. The number of anilines is 1. The Morgan fingerprint density at radius 2 is 2.00 bits per heavy atom. The molecule has 0 amide bonds. The van der Waals surface area contributed by atoms with E-state index in [1.807, 2.05) is 0 Å². The molecule has 2 aliphatic heterocycles. The number of rotatable bonds is 4. The fraction of sp³-hybridized carbons (Fsp3) is 0.647. The lowest BCUT2D eigenvalue weighted by atomic mass is 9.84. The summed E-state index contributed by atoms with van der Waals surface area (Å²) in [6, 6.07) is 9.28. The SMILES string of the molecule is CN1CCCC2CN(CCNc3ccc(Br)cc3)CCC21. The lowest BCUT2D eigenvalue weighted by molar-refractivity contribution is 0.0403. The maximum absolute atomic E-state index is 3.53. The highest BCUT2D eigenvalue weighted by molar-refractivity contribution is 9.10. The van der Waals surface area contributed by atoms with Crippen molar-refractivity contribution in [3.8, 4) is 0 Å². The van der Waals surface area contributed by atoms with Crippen molar-refractivity contribution in [2.24, 2.45) is 5.92 Å². The summed E-state index contributed by atoms with van der Waals surface area (Å²) in [5, 5.41) is 3.53. The van der Waals surface area contributed by atoms with Gasteiger partial charge in [0.1, 0.15) is 0 Å². The van der Waals surface area contributed by atoms with Crippen LogP contribution in [0.5, 0.6) is 0 Å². The van der Waals surface area contributed by atoms with E-state index < -0.39 is 0 Å². The molecule has 2 saturated heterocycles. The number of piperidine rings is 2. The molecule has 0 aliphatic carbocycles. The van der Waals surface area contributed by atoms with Crippen LogP contribution in [0.3, 0.4) is 0 Å². The van der Waals surface area contributed by atoms with Gasteiger partial charge in [-0.3, -0.25) is 0 Å². The second-order valence-corrected chi connectivity index (χ2v) is 7.39. The summed E-state index contributed by atoms with van der Waals surface area (Å²) >= 11 is 3.47. The van der Waals surface area contributed by atoms with Crippen LogP contribution in [-0.2, 0) is 0 Å². The smallest absolute Gasteiger partial charge is 0.0341 e. The molecule has 2 fully saturated rings. The minimum absolute atomic E-state index is 0.842. The number of hydrogen-bond donors (Lipinski definition) is 1. The van der Waals surface area contributed by atoms with Gasteiger partial charge in [-0.05, 0) is 69.6 Å². The predicted molar refractivity (Wildman–Crippen MR) is 92.8 cm³/mol. The van der Waals surface area contributed by atoms with Gasteiger partial charge in [-0.2, -0.15) is 0 Å². The Bertz CT molecular complexity index is 448. The molecule has 0 spiro atoms. The number of nitrogens with one attached hydrogen (secondary N) is 1. The standard InChI is InChI=1S/C17H26BrN3/c1-20-10-2-3-14-13-21(11-8-17(14)20)12-9-19-16-6-4-15(18)5-7-16/h4-7,14,17,19H,2-3,8-13H2,1H3. The van der Waals surface area contributed by atoms with E-state index in [1.165, 1.54) is 44.6 Å². The molecular formula is C17H26BrN3. The van der Waals surface area contributed by atoms with Crippen LogP contribution < -0.4 is 5.32 Å². The van der Waals surface area contributed by atoms with E-state index in [4.69, 9.17) is 0 Å². The topological polar surface area (TPSA) is 18.5 Å². The summed E-state index contributed by atoms with van der Waals surface area (Å²) in [6.07, 6.45) is 4.15. The van der Waals surface area contributed by atoms with E-state index in [0.717, 1.165) is 29.5 Å². The van der Waals surface area contributed by atoms with Gasteiger partial charge in [0.15, 0.2) is 0 Å². The second kappa shape index (κ2) is 7.12. The van der Waals surface area contributed by atoms with E-state index >= 15 is 0 Å². The molecule has 21 heavy (non-hydrogen) atoms. The van der Waals surface area contributed by atoms with Crippen LogP contribution >= 0.6 is 15.9 Å². The molecule has 1 aromatic carbocycles. The molecular weight excluding hydrogens is 326 g/mol. The summed E-state index contributed by atoms with van der Waals surface area (Å²) in [6.45, 7) is 6.04. The van der Waals surface area contributed by atoms with Gasteiger partial charge >= 0.3 is 0 Å². The van der Waals surface area contributed by atoms with Crippen molar-refractivity contribution in [3.63, 3.8) is 0 Å². The number of fused-ring (bicyclic) bond motifs is 1. The zero-order valence-corrected chi connectivity index (χ0v) is 14.5. The number of likely N-dealkylation sites (tertiary alicyclic amines) is 2. The molecule has 4 heteroatoms. The van der Waals surface area contributed by atoms with Crippen LogP contribution in [0.15, 0.2) is 28.7 Å². The van der Waals surface area contributed by atoms with Crippen molar-refractivity contribution in [3.05, 3.63) is 28.7 Å². The first-order valence-electron chi connectivity index (χ1n) is 8.14. The number of hydrogen-bond acceptors (Lipinski definition) is 3. The normalized spacial score (nSPS) is 27.3. The molecule has 2 heterocycles. The maximum atomic E-state index is 3.53. The second-order valence-electron chi connectivity index (χ2n) is 6.47. The van der Waals surface area contributed by atoms with Gasteiger partial charge in [-0.1, -0.05) is 15.9 Å². The van der Waals surface area contributed by atoms with Gasteiger partial charge in [-0.25, -0.2) is 0 Å². The van der Waals surface area contributed by atoms with Crippen molar-refractivity contribution < 1.29 is 0 Å². The highest BCUT2D eigenvalue weighted by Gasteiger charge is 2.33. The van der Waals surface area contributed by atoms with E-state index in [-0.39, 0.29) is 0 Å². The van der Waals surface area contributed by atoms with Crippen molar-refractivity contribution in [1.29, 1.82) is 0 Å². The Kier molecular flexibility index (Phi) is 5.19. The van der Waals surface area contributed by atoms with Crippen LogP contribution in [0, 0.1) is 5.92 Å². The molecule has 2 unspecified atom stereocenters. The molecule has 1 N–H and O–H groups in total. The van der Waals surface area contributed by atoms with Crippen LogP contribution in [-0.4, -0.2) is 55.6 Å². The van der Waals surface area contributed by atoms with Crippen LogP contribution in [0.1, 0.15) is 19.3 Å². The Morgan fingerprint density at radius 3 is 2.81 bits per heavy atom. The molecule has 0 aromatic heterocycles. The third kappa shape index (κ3) is 3.99. The van der Waals surface area contributed by atoms with Gasteiger partial charge in [0.2, 0.25) is 0 Å². The van der Waals surface area contributed by atoms with Crippen molar-refractivity contribution in [2.45, 2.75) is 25.3 Å². The monoisotopic (exact) mass is 351 g/mol. The molecule has 0 bridgehead atoms. The number of nitrogens with zero attached hydrogens (tertiary/aromatic N) is 2. The predicted octanol–water partition coefficient (Wildman–Crippen LogP) is 3.28. The maximum Gasteiger partial charge on any atom is 0.0341 e. The first kappa shape index (κ1) is 15.3. The first-order chi connectivity index (χ1) is 10.2. The molecule has 0 radical (unpaired) electrons. The lowest BCUT2D eigenvalue weighted by Crippen LogP contribution is -2.53. The third-order valence-electron chi connectivity index (χ3n) is 5.03. The Labute approximate surface area is 136 Å².